The van der Waals surface area contributed by atoms with E-state index in [1.54, 1.807) is 11.3 Å². The summed E-state index contributed by atoms with van der Waals surface area (Å²) >= 11 is 1.63. The minimum atomic E-state index is 0.314. The Kier molecular flexibility index (Phi) is 2.28. The van der Waals surface area contributed by atoms with Gasteiger partial charge >= 0.3 is 0 Å². The third kappa shape index (κ3) is 1.59. The van der Waals surface area contributed by atoms with Crippen LogP contribution in [0.2, 0.25) is 0 Å². The van der Waals surface area contributed by atoms with E-state index >= 15 is 0 Å². The first-order valence-corrected chi connectivity index (χ1v) is 5.16. The van der Waals surface area contributed by atoms with Gasteiger partial charge in [-0.15, -0.1) is 11.3 Å². The highest BCUT2D eigenvalue weighted by Gasteiger charge is 2.23. The maximum Gasteiger partial charge on any atom is 0.182 e. The van der Waals surface area contributed by atoms with E-state index in [2.05, 4.69) is 10.3 Å². The number of hydrogen-bond donors (Lipinski definition) is 2. The third-order valence-electron chi connectivity index (χ3n) is 2.31. The maximum atomic E-state index is 5.91. The fourth-order valence-corrected chi connectivity index (χ4v) is 2.21. The van der Waals surface area contributed by atoms with Crippen LogP contribution in [-0.2, 0) is 0 Å². The average molecular weight is 183 g/mol. The van der Waals surface area contributed by atoms with Crippen LogP contribution in [0, 0.1) is 0 Å². The molecule has 0 spiro atoms. The third-order valence-corrected chi connectivity index (χ3v) is 3.01. The smallest absolute Gasteiger partial charge is 0.182 e. The number of anilines is 1. The van der Waals surface area contributed by atoms with Crippen LogP contribution < -0.4 is 11.1 Å². The van der Waals surface area contributed by atoms with Crippen molar-refractivity contribution in [1.29, 1.82) is 0 Å². The van der Waals surface area contributed by atoms with E-state index in [1.807, 2.05) is 11.6 Å². The summed E-state index contributed by atoms with van der Waals surface area (Å²) in [5.41, 5.74) is 5.91. The maximum absolute atomic E-state index is 5.91. The van der Waals surface area contributed by atoms with E-state index < -0.39 is 0 Å². The summed E-state index contributed by atoms with van der Waals surface area (Å²) in [4.78, 5) is 4.17. The summed E-state index contributed by atoms with van der Waals surface area (Å²) in [6, 6.07) is 0.755. The molecular weight excluding hydrogens is 170 g/mol. The van der Waals surface area contributed by atoms with E-state index in [9.17, 15) is 0 Å². The van der Waals surface area contributed by atoms with Crippen LogP contribution in [0.15, 0.2) is 11.6 Å². The molecule has 3 N–H and O–H groups in total. The zero-order chi connectivity index (χ0) is 8.39. The van der Waals surface area contributed by atoms with Gasteiger partial charge in [-0.1, -0.05) is 0 Å². The number of nitrogens with one attached hydrogen (secondary N) is 1. The van der Waals surface area contributed by atoms with Gasteiger partial charge < -0.3 is 11.1 Å². The Hall–Kier alpha value is -0.610. The first-order chi connectivity index (χ1) is 5.86. The molecule has 1 aromatic rings. The molecule has 1 saturated carbocycles. The van der Waals surface area contributed by atoms with Crippen LogP contribution in [0.25, 0.3) is 0 Å². The predicted octanol–water partition coefficient (Wildman–Crippen LogP) is 1.43. The van der Waals surface area contributed by atoms with Gasteiger partial charge in [0.05, 0.1) is 0 Å². The van der Waals surface area contributed by atoms with Crippen molar-refractivity contribution < 1.29 is 0 Å². The number of nitrogens with two attached hydrogens (primary N) is 1. The lowest BCUT2D eigenvalue weighted by Crippen LogP contribution is -2.35. The van der Waals surface area contributed by atoms with Gasteiger partial charge in [0.15, 0.2) is 5.13 Å². The number of aromatic nitrogens is 1. The molecule has 0 aliphatic heterocycles. The Bertz CT molecular complexity index is 234. The summed E-state index contributed by atoms with van der Waals surface area (Å²) in [5, 5.41) is 6.33. The topological polar surface area (TPSA) is 50.9 Å². The van der Waals surface area contributed by atoms with Crippen LogP contribution >= 0.6 is 11.3 Å². The van der Waals surface area contributed by atoms with E-state index in [-0.39, 0.29) is 0 Å². The summed E-state index contributed by atoms with van der Waals surface area (Å²) in [6.45, 7) is 0. The van der Waals surface area contributed by atoms with Gasteiger partial charge in [-0.25, -0.2) is 4.98 Å². The monoisotopic (exact) mass is 183 g/mol. The molecule has 2 unspecified atom stereocenters. The van der Waals surface area contributed by atoms with Crippen LogP contribution in [0.3, 0.4) is 0 Å². The quantitative estimate of drug-likeness (QED) is 0.729. The molecule has 1 heterocycles. The van der Waals surface area contributed by atoms with Crippen LogP contribution in [0.4, 0.5) is 5.13 Å². The molecule has 4 heteroatoms. The molecule has 66 valence electrons. The fourth-order valence-electron chi connectivity index (χ4n) is 1.62. The molecule has 0 radical (unpaired) electrons. The summed E-state index contributed by atoms with van der Waals surface area (Å²) in [5.74, 6) is 0. The van der Waals surface area contributed by atoms with Crippen molar-refractivity contribution in [2.75, 3.05) is 5.32 Å². The normalized spacial score (nSPS) is 29.1. The Morgan fingerprint density at radius 3 is 3.08 bits per heavy atom. The molecule has 0 amide bonds. The Labute approximate surface area is 76.0 Å². The highest BCUT2D eigenvalue weighted by molar-refractivity contribution is 7.13. The molecule has 0 saturated heterocycles. The Morgan fingerprint density at radius 1 is 1.58 bits per heavy atom. The van der Waals surface area contributed by atoms with Gasteiger partial charge in [0.2, 0.25) is 0 Å². The van der Waals surface area contributed by atoms with Gasteiger partial charge in [-0.3, -0.25) is 0 Å². The molecule has 0 bridgehead atoms. The second-order valence-electron chi connectivity index (χ2n) is 3.18. The van der Waals surface area contributed by atoms with Gasteiger partial charge in [-0.2, -0.15) is 0 Å². The summed E-state index contributed by atoms with van der Waals surface area (Å²) < 4.78 is 0. The van der Waals surface area contributed by atoms with Gasteiger partial charge in [-0.05, 0) is 19.3 Å². The van der Waals surface area contributed by atoms with Gasteiger partial charge in [0, 0.05) is 23.7 Å². The van der Waals surface area contributed by atoms with Crippen molar-refractivity contribution in [3.63, 3.8) is 0 Å². The predicted molar refractivity (Wildman–Crippen MR) is 51.4 cm³/mol. The lowest BCUT2D eigenvalue weighted by Gasteiger charge is -2.15. The van der Waals surface area contributed by atoms with Crippen LogP contribution in [0.5, 0.6) is 0 Å². The van der Waals surface area contributed by atoms with Crippen LogP contribution in [0.1, 0.15) is 19.3 Å². The summed E-state index contributed by atoms with van der Waals surface area (Å²) in [7, 11) is 0. The molecule has 1 aromatic heterocycles. The highest BCUT2D eigenvalue weighted by Crippen LogP contribution is 2.22. The molecule has 1 fully saturated rings. The number of hydrogen-bond acceptors (Lipinski definition) is 4. The van der Waals surface area contributed by atoms with Gasteiger partial charge in [0.25, 0.3) is 0 Å². The van der Waals surface area contributed by atoms with Crippen molar-refractivity contribution in [1.82, 2.24) is 4.98 Å². The van der Waals surface area contributed by atoms with Crippen molar-refractivity contribution in [3.05, 3.63) is 11.6 Å². The largest absolute Gasteiger partial charge is 0.357 e. The van der Waals surface area contributed by atoms with Crippen molar-refractivity contribution in [2.24, 2.45) is 5.73 Å². The molecular formula is C8H13N3S. The molecule has 3 nitrogen and oxygen atoms in total. The fraction of sp³-hybridized carbons (Fsp3) is 0.625. The Morgan fingerprint density at radius 2 is 2.50 bits per heavy atom. The zero-order valence-corrected chi connectivity index (χ0v) is 7.68. The highest BCUT2D eigenvalue weighted by atomic mass is 32.1. The first-order valence-electron chi connectivity index (χ1n) is 4.28. The number of thiazole rings is 1. The number of rotatable bonds is 2. The molecule has 0 aromatic carbocycles. The minimum absolute atomic E-state index is 0.314. The second kappa shape index (κ2) is 3.41. The van der Waals surface area contributed by atoms with Crippen LogP contribution in [-0.4, -0.2) is 17.1 Å². The Balaban J connectivity index is 1.95. The number of nitrogens with zero attached hydrogens (tertiary/aromatic N) is 1. The van der Waals surface area contributed by atoms with E-state index in [0.29, 0.717) is 12.1 Å². The molecule has 1 aliphatic carbocycles. The van der Waals surface area contributed by atoms with Crippen molar-refractivity contribution in [3.8, 4) is 0 Å². The molecule has 2 atom stereocenters. The standard InChI is InChI=1S/C8H13N3S/c9-6-2-1-3-7(6)11-8-10-4-5-12-8/h4-7H,1-3,9H2,(H,10,11). The first kappa shape index (κ1) is 8.01. The molecule has 2 rings (SSSR count). The molecule has 1 aliphatic rings. The van der Waals surface area contributed by atoms with Crippen molar-refractivity contribution in [2.45, 2.75) is 31.3 Å². The second-order valence-corrected chi connectivity index (χ2v) is 4.08. The molecule has 12 heavy (non-hydrogen) atoms. The zero-order valence-electron chi connectivity index (χ0n) is 6.86. The van der Waals surface area contributed by atoms with Crippen molar-refractivity contribution >= 4 is 16.5 Å². The van der Waals surface area contributed by atoms with Gasteiger partial charge in [0.1, 0.15) is 0 Å². The average Bonchev–Trinajstić information content (AvgIpc) is 2.65. The lowest BCUT2D eigenvalue weighted by atomic mass is 10.2. The van der Waals surface area contributed by atoms with E-state index in [1.165, 1.54) is 12.8 Å². The van der Waals surface area contributed by atoms with E-state index in [0.717, 1.165) is 11.6 Å². The summed E-state index contributed by atoms with van der Waals surface area (Å²) in [6.07, 6.45) is 5.38. The lowest BCUT2D eigenvalue weighted by molar-refractivity contribution is 0.637. The minimum Gasteiger partial charge on any atom is -0.357 e. The SMILES string of the molecule is NC1CCCC1Nc1nccs1. The van der Waals surface area contributed by atoms with E-state index in [4.69, 9.17) is 5.73 Å².